The van der Waals surface area contributed by atoms with Gasteiger partial charge in [-0.05, 0) is 47.9 Å². The molecule has 1 N–H and O–H groups in total. The van der Waals surface area contributed by atoms with E-state index in [4.69, 9.17) is 0 Å². The third-order valence-corrected chi connectivity index (χ3v) is 7.53. The summed E-state index contributed by atoms with van der Waals surface area (Å²) in [4.78, 5) is 12.4. The first-order chi connectivity index (χ1) is 17.7. The Labute approximate surface area is 213 Å². The average molecular weight is 525 g/mol. The van der Waals surface area contributed by atoms with Crippen LogP contribution in [0.25, 0.3) is 0 Å². The van der Waals surface area contributed by atoms with E-state index in [0.717, 1.165) is 47.5 Å². The number of halogens is 3. The SMILES string of the molecule is O=C(Nc1ccc(F)c(F)c1)c1cc(S(=O)(=O)N(CCc2ccccc2)Cc2ccccc2)ccc1F. The molecular formula is C28H23F3N2O3S. The molecule has 1 amide bonds. The number of carbonyl (C=O) groups excluding carboxylic acids is 1. The fraction of sp³-hybridized carbons (Fsp3) is 0.107. The number of rotatable bonds is 9. The molecule has 4 aromatic rings. The van der Waals surface area contributed by atoms with Crippen LogP contribution in [-0.4, -0.2) is 25.2 Å². The zero-order chi connectivity index (χ0) is 26.4. The lowest BCUT2D eigenvalue weighted by molar-refractivity contribution is 0.102. The van der Waals surface area contributed by atoms with Gasteiger partial charge in [0.05, 0.1) is 10.5 Å². The summed E-state index contributed by atoms with van der Waals surface area (Å²) in [6.45, 7) is 0.221. The molecule has 0 bridgehead atoms. The predicted molar refractivity (Wildman–Crippen MR) is 135 cm³/mol. The molecule has 0 aliphatic carbocycles. The van der Waals surface area contributed by atoms with Gasteiger partial charge in [0.25, 0.3) is 5.91 Å². The third-order valence-electron chi connectivity index (χ3n) is 5.69. The van der Waals surface area contributed by atoms with Crippen LogP contribution < -0.4 is 5.32 Å². The van der Waals surface area contributed by atoms with E-state index in [1.165, 1.54) is 4.31 Å². The van der Waals surface area contributed by atoms with Crippen molar-refractivity contribution in [2.75, 3.05) is 11.9 Å². The van der Waals surface area contributed by atoms with Gasteiger partial charge in [-0.2, -0.15) is 4.31 Å². The molecule has 5 nitrogen and oxygen atoms in total. The van der Waals surface area contributed by atoms with Crippen LogP contribution in [0.5, 0.6) is 0 Å². The zero-order valence-electron chi connectivity index (χ0n) is 19.6. The summed E-state index contributed by atoms with van der Waals surface area (Å²) in [5.74, 6) is -4.26. The molecule has 37 heavy (non-hydrogen) atoms. The van der Waals surface area contributed by atoms with Crippen LogP contribution in [0.3, 0.4) is 0 Å². The van der Waals surface area contributed by atoms with Crippen molar-refractivity contribution in [2.24, 2.45) is 0 Å². The van der Waals surface area contributed by atoms with Crippen molar-refractivity contribution in [1.29, 1.82) is 0 Å². The standard InChI is InChI=1S/C28H23F3N2O3S/c29-25-14-12-23(18-24(25)28(34)32-22-11-13-26(30)27(31)17-22)37(35,36)33(19-21-9-5-2-6-10-21)16-15-20-7-3-1-4-8-20/h1-14,17-18H,15-16,19H2,(H,32,34). The molecule has 0 unspecified atom stereocenters. The van der Waals surface area contributed by atoms with Crippen LogP contribution in [0, 0.1) is 17.5 Å². The van der Waals surface area contributed by atoms with E-state index in [-0.39, 0.29) is 23.7 Å². The van der Waals surface area contributed by atoms with Gasteiger partial charge in [0.15, 0.2) is 11.6 Å². The molecule has 0 aromatic heterocycles. The minimum Gasteiger partial charge on any atom is -0.322 e. The van der Waals surface area contributed by atoms with Crippen molar-refractivity contribution in [3.63, 3.8) is 0 Å². The number of benzene rings is 4. The summed E-state index contributed by atoms with van der Waals surface area (Å²) in [7, 11) is -4.15. The van der Waals surface area contributed by atoms with E-state index < -0.39 is 38.9 Å². The molecule has 0 atom stereocenters. The number of nitrogens with one attached hydrogen (secondary N) is 1. The first-order valence-electron chi connectivity index (χ1n) is 11.4. The Balaban J connectivity index is 1.63. The van der Waals surface area contributed by atoms with Crippen LogP contribution in [0.1, 0.15) is 21.5 Å². The van der Waals surface area contributed by atoms with Gasteiger partial charge in [-0.15, -0.1) is 0 Å². The maximum atomic E-state index is 14.6. The number of anilines is 1. The molecule has 0 saturated carbocycles. The molecule has 0 radical (unpaired) electrons. The van der Waals surface area contributed by atoms with Crippen molar-refractivity contribution in [1.82, 2.24) is 4.31 Å². The lowest BCUT2D eigenvalue weighted by atomic mass is 10.1. The van der Waals surface area contributed by atoms with Crippen molar-refractivity contribution < 1.29 is 26.4 Å². The smallest absolute Gasteiger partial charge is 0.258 e. The molecule has 190 valence electrons. The molecule has 0 heterocycles. The first kappa shape index (κ1) is 26.1. The Morgan fingerprint density at radius 1 is 0.730 bits per heavy atom. The minimum absolute atomic E-state index is 0.0732. The fourth-order valence-electron chi connectivity index (χ4n) is 3.73. The molecule has 0 aliphatic rings. The van der Waals surface area contributed by atoms with Crippen LogP contribution in [0.4, 0.5) is 18.9 Å². The van der Waals surface area contributed by atoms with Gasteiger partial charge in [-0.25, -0.2) is 21.6 Å². The summed E-state index contributed by atoms with van der Waals surface area (Å²) < 4.78 is 69.9. The molecule has 0 aliphatic heterocycles. The van der Waals surface area contributed by atoms with Crippen LogP contribution >= 0.6 is 0 Å². The van der Waals surface area contributed by atoms with E-state index in [2.05, 4.69) is 5.32 Å². The highest BCUT2D eigenvalue weighted by molar-refractivity contribution is 7.89. The molecule has 0 spiro atoms. The highest BCUT2D eigenvalue weighted by Crippen LogP contribution is 2.23. The van der Waals surface area contributed by atoms with Gasteiger partial charge in [-0.3, -0.25) is 4.79 Å². The predicted octanol–water partition coefficient (Wildman–Crippen LogP) is 5.79. The number of nitrogens with zero attached hydrogens (tertiary/aromatic N) is 1. The van der Waals surface area contributed by atoms with Crippen molar-refractivity contribution in [3.8, 4) is 0 Å². The fourth-order valence-corrected chi connectivity index (χ4v) is 5.19. The monoisotopic (exact) mass is 524 g/mol. The molecule has 9 heteroatoms. The quantitative estimate of drug-likeness (QED) is 0.301. The van der Waals surface area contributed by atoms with Crippen LogP contribution in [0.15, 0.2) is 102 Å². The van der Waals surface area contributed by atoms with Gasteiger partial charge in [-0.1, -0.05) is 60.7 Å². The third kappa shape index (κ3) is 6.44. The van der Waals surface area contributed by atoms with E-state index in [0.29, 0.717) is 6.42 Å². The van der Waals surface area contributed by atoms with Crippen molar-refractivity contribution in [2.45, 2.75) is 17.9 Å². The maximum absolute atomic E-state index is 14.6. The van der Waals surface area contributed by atoms with Crippen molar-refractivity contribution in [3.05, 3.63) is 131 Å². The molecule has 4 aromatic carbocycles. The minimum atomic E-state index is -4.15. The summed E-state index contributed by atoms with van der Waals surface area (Å²) in [5, 5.41) is 2.27. The van der Waals surface area contributed by atoms with Gasteiger partial charge in [0.2, 0.25) is 10.0 Å². The number of amides is 1. The summed E-state index contributed by atoms with van der Waals surface area (Å²) >= 11 is 0. The lowest BCUT2D eigenvalue weighted by Crippen LogP contribution is -2.33. The normalized spacial score (nSPS) is 11.5. The largest absolute Gasteiger partial charge is 0.322 e. The number of hydrogen-bond acceptors (Lipinski definition) is 3. The average Bonchev–Trinajstić information content (AvgIpc) is 2.90. The van der Waals surface area contributed by atoms with Gasteiger partial charge >= 0.3 is 0 Å². The highest BCUT2D eigenvalue weighted by Gasteiger charge is 2.27. The molecular weight excluding hydrogens is 501 g/mol. The first-order valence-corrected chi connectivity index (χ1v) is 12.8. The van der Waals surface area contributed by atoms with Gasteiger partial charge in [0, 0.05) is 24.8 Å². The molecule has 0 saturated heterocycles. The summed E-state index contributed by atoms with van der Waals surface area (Å²) in [5.41, 5.74) is 1.05. The Morgan fingerprint density at radius 3 is 2.00 bits per heavy atom. The lowest BCUT2D eigenvalue weighted by Gasteiger charge is -2.23. The Morgan fingerprint density at radius 2 is 1.35 bits per heavy atom. The van der Waals surface area contributed by atoms with E-state index in [9.17, 15) is 26.4 Å². The topological polar surface area (TPSA) is 66.5 Å². The van der Waals surface area contributed by atoms with Crippen LogP contribution in [0.2, 0.25) is 0 Å². The molecule has 0 fully saturated rings. The van der Waals surface area contributed by atoms with Crippen LogP contribution in [-0.2, 0) is 23.0 Å². The van der Waals surface area contributed by atoms with Gasteiger partial charge < -0.3 is 5.32 Å². The zero-order valence-corrected chi connectivity index (χ0v) is 20.4. The number of sulfonamides is 1. The highest BCUT2D eigenvalue weighted by atomic mass is 32.2. The Bertz CT molecular complexity index is 1500. The van der Waals surface area contributed by atoms with Gasteiger partial charge in [0.1, 0.15) is 5.82 Å². The summed E-state index contributed by atoms with van der Waals surface area (Å²) in [6.07, 6.45) is 0.442. The van der Waals surface area contributed by atoms with Crippen molar-refractivity contribution >= 4 is 21.6 Å². The second-order valence-corrected chi connectivity index (χ2v) is 10.2. The second-order valence-electron chi connectivity index (χ2n) is 8.28. The Hall–Kier alpha value is -3.95. The summed E-state index contributed by atoms with van der Waals surface area (Å²) in [6, 6.07) is 24.0. The van der Waals surface area contributed by atoms with E-state index in [1.807, 2.05) is 36.4 Å². The van der Waals surface area contributed by atoms with E-state index in [1.54, 1.807) is 24.3 Å². The van der Waals surface area contributed by atoms with E-state index >= 15 is 0 Å². The number of hydrogen-bond donors (Lipinski definition) is 1. The maximum Gasteiger partial charge on any atom is 0.258 e. The Kier molecular flexibility index (Phi) is 8.05. The second kappa shape index (κ2) is 11.4. The molecule has 4 rings (SSSR count). The number of carbonyl (C=O) groups is 1.